The molecular weight excluding hydrogens is 462 g/mol. The van der Waals surface area contributed by atoms with Crippen LogP contribution >= 0.6 is 11.5 Å². The van der Waals surface area contributed by atoms with Crippen molar-refractivity contribution >= 4 is 11.5 Å². The molecule has 35 heavy (non-hydrogen) atoms. The lowest BCUT2D eigenvalue weighted by atomic mass is 9.87. The number of aryl methyl sites for hydroxylation is 1. The van der Waals surface area contributed by atoms with Crippen LogP contribution in [0.2, 0.25) is 0 Å². The van der Waals surface area contributed by atoms with Crippen LogP contribution in [0, 0.1) is 0 Å². The first-order chi connectivity index (χ1) is 16.7. The molecule has 0 unspecified atom stereocenters. The third-order valence-corrected chi connectivity index (χ3v) is 7.58. The fourth-order valence-electron chi connectivity index (χ4n) is 4.53. The van der Waals surface area contributed by atoms with Crippen LogP contribution in [0.15, 0.2) is 46.0 Å². The van der Waals surface area contributed by atoms with Crippen LogP contribution in [-0.2, 0) is 31.5 Å². The Morgan fingerprint density at radius 1 is 0.943 bits per heavy atom. The molecule has 0 spiro atoms. The molecule has 1 aromatic heterocycles. The van der Waals surface area contributed by atoms with Gasteiger partial charge in [-0.2, -0.15) is 0 Å². The fourth-order valence-corrected chi connectivity index (χ4v) is 5.36. The molecule has 3 aromatic rings. The zero-order valence-corrected chi connectivity index (χ0v) is 22.1. The fraction of sp³-hybridized carbons (Fsp3) is 0.481. The van der Waals surface area contributed by atoms with Gasteiger partial charge in [-0.15, -0.1) is 0 Å². The third kappa shape index (κ3) is 5.70. The maximum Gasteiger partial charge on any atom is 0.341 e. The van der Waals surface area contributed by atoms with Crippen molar-refractivity contribution in [1.29, 1.82) is 0 Å². The van der Waals surface area contributed by atoms with Gasteiger partial charge in [0.05, 0.1) is 20.8 Å². The molecule has 0 atom stereocenters. The zero-order chi connectivity index (χ0) is 25.2. The molecule has 8 heteroatoms. The van der Waals surface area contributed by atoms with Crippen LogP contribution in [-0.4, -0.2) is 40.7 Å². The molecule has 7 nitrogen and oxygen atoms in total. The second kappa shape index (κ2) is 10.4. The van der Waals surface area contributed by atoms with E-state index in [1.54, 1.807) is 18.2 Å². The average molecular weight is 498 g/mol. The van der Waals surface area contributed by atoms with Crippen molar-refractivity contribution in [3.8, 4) is 11.5 Å². The predicted octanol–water partition coefficient (Wildman–Crippen LogP) is 3.88. The second-order valence-corrected chi connectivity index (χ2v) is 11.1. The third-order valence-electron chi connectivity index (χ3n) is 6.65. The van der Waals surface area contributed by atoms with Gasteiger partial charge in [0, 0.05) is 37.7 Å². The maximum atomic E-state index is 12.9. The van der Waals surface area contributed by atoms with Crippen molar-refractivity contribution in [2.45, 2.75) is 58.7 Å². The minimum absolute atomic E-state index is 0.0693. The van der Waals surface area contributed by atoms with Crippen molar-refractivity contribution in [2.75, 3.05) is 27.3 Å². The first-order valence-electron chi connectivity index (χ1n) is 12.1. The number of rotatable bonds is 8. The second-order valence-electron chi connectivity index (χ2n) is 10.1. The Hall–Kier alpha value is -2.84. The van der Waals surface area contributed by atoms with Crippen LogP contribution in [0.1, 0.15) is 49.4 Å². The lowest BCUT2D eigenvalue weighted by Crippen LogP contribution is -2.33. The van der Waals surface area contributed by atoms with Crippen LogP contribution in [0.5, 0.6) is 11.5 Å². The summed E-state index contributed by atoms with van der Waals surface area (Å²) in [4.78, 5) is 27.6. The summed E-state index contributed by atoms with van der Waals surface area (Å²) in [5.74, 6) is 1.52. The smallest absolute Gasteiger partial charge is 0.341 e. The summed E-state index contributed by atoms with van der Waals surface area (Å²) in [7, 11) is 3.31. The Morgan fingerprint density at radius 3 is 2.23 bits per heavy atom. The summed E-state index contributed by atoms with van der Waals surface area (Å²) < 4.78 is 13.8. The molecule has 188 valence electrons. The van der Waals surface area contributed by atoms with Gasteiger partial charge in [0.25, 0.3) is 0 Å². The van der Waals surface area contributed by atoms with Crippen molar-refractivity contribution in [2.24, 2.45) is 0 Å². The first-order valence-corrected chi connectivity index (χ1v) is 12.8. The van der Waals surface area contributed by atoms with Crippen LogP contribution in [0.3, 0.4) is 0 Å². The van der Waals surface area contributed by atoms with E-state index in [0.29, 0.717) is 13.1 Å². The Labute approximate surface area is 210 Å². The van der Waals surface area contributed by atoms with E-state index in [2.05, 4.69) is 49.9 Å². The van der Waals surface area contributed by atoms with E-state index >= 15 is 0 Å². The summed E-state index contributed by atoms with van der Waals surface area (Å²) in [6.07, 6.45) is 1.76. The van der Waals surface area contributed by atoms with Gasteiger partial charge in [0.15, 0.2) is 11.5 Å². The van der Waals surface area contributed by atoms with Gasteiger partial charge in [-0.05, 0) is 52.6 Å². The van der Waals surface area contributed by atoms with Gasteiger partial charge in [-0.1, -0.05) is 45.0 Å². The number of hydrogen-bond acceptors (Lipinski definition) is 6. The molecule has 0 amide bonds. The molecule has 2 aromatic carbocycles. The number of hydrogen-bond donors (Lipinski definition) is 0. The number of fused-ring (bicyclic) bond motifs is 1. The van der Waals surface area contributed by atoms with E-state index < -0.39 is 0 Å². The van der Waals surface area contributed by atoms with Gasteiger partial charge in [-0.3, -0.25) is 9.69 Å². The topological polar surface area (TPSA) is 65.7 Å². The highest BCUT2D eigenvalue weighted by Gasteiger charge is 2.20. The van der Waals surface area contributed by atoms with E-state index in [4.69, 9.17) is 9.47 Å². The van der Waals surface area contributed by atoms with Crippen LogP contribution in [0.25, 0.3) is 0 Å². The molecule has 0 bridgehead atoms. The largest absolute Gasteiger partial charge is 0.493 e. The van der Waals surface area contributed by atoms with E-state index in [9.17, 15) is 9.59 Å². The average Bonchev–Trinajstić information content (AvgIpc) is 3.10. The molecule has 0 saturated heterocycles. The number of nitrogens with zero attached hydrogens (tertiary/aromatic N) is 3. The van der Waals surface area contributed by atoms with Gasteiger partial charge in [0.1, 0.15) is 0 Å². The molecule has 1 aliphatic rings. The standard InChI is InChI=1S/C27H35N3O4S/c1-27(2,3)22-9-7-19(8-10-22)17-29-25(31)30(35-26(29)32)13-6-12-28-14-11-20-15-23(33-4)24(34-5)16-21(20)18-28/h7-10,15-16H,6,11-14,17-18H2,1-5H3. The molecular formula is C27H35N3O4S. The van der Waals surface area contributed by atoms with E-state index in [1.807, 2.05) is 12.1 Å². The molecule has 0 N–H and O–H groups in total. The number of ether oxygens (including phenoxy) is 2. The predicted molar refractivity (Wildman–Crippen MR) is 140 cm³/mol. The molecule has 4 rings (SSSR count). The summed E-state index contributed by atoms with van der Waals surface area (Å²) >= 11 is 1.01. The minimum Gasteiger partial charge on any atom is -0.493 e. The van der Waals surface area contributed by atoms with Crippen LogP contribution in [0.4, 0.5) is 0 Å². The summed E-state index contributed by atoms with van der Waals surface area (Å²) in [5, 5.41) is 0. The molecule has 0 saturated carbocycles. The normalized spacial score (nSPS) is 14.1. The molecule has 0 aliphatic carbocycles. The highest BCUT2D eigenvalue weighted by Crippen LogP contribution is 2.33. The SMILES string of the molecule is COc1cc2c(cc1OC)CN(CCCn1sc(=O)n(Cc3ccc(C(C)(C)C)cc3)c1=O)CC2. The Balaban J connectivity index is 1.36. The molecule has 0 fully saturated rings. The van der Waals surface area contributed by atoms with Crippen molar-refractivity contribution < 1.29 is 9.47 Å². The Bertz CT molecular complexity index is 1280. The van der Waals surface area contributed by atoms with Crippen LogP contribution < -0.4 is 20.0 Å². The zero-order valence-electron chi connectivity index (χ0n) is 21.3. The van der Waals surface area contributed by atoms with Gasteiger partial charge in [-0.25, -0.2) is 13.3 Å². The van der Waals surface area contributed by atoms with Gasteiger partial charge >= 0.3 is 10.6 Å². The van der Waals surface area contributed by atoms with E-state index in [-0.39, 0.29) is 16.0 Å². The van der Waals surface area contributed by atoms with Crippen molar-refractivity contribution in [3.05, 3.63) is 78.8 Å². The molecule has 0 radical (unpaired) electrons. The highest BCUT2D eigenvalue weighted by atomic mass is 32.1. The highest BCUT2D eigenvalue weighted by molar-refractivity contribution is 7.03. The van der Waals surface area contributed by atoms with Gasteiger partial charge < -0.3 is 9.47 Å². The summed E-state index contributed by atoms with van der Waals surface area (Å²) in [5.41, 5.74) is 4.58. The Morgan fingerprint density at radius 2 is 1.60 bits per heavy atom. The summed E-state index contributed by atoms with van der Waals surface area (Å²) in [6, 6.07) is 12.3. The maximum absolute atomic E-state index is 12.9. The van der Waals surface area contributed by atoms with E-state index in [1.165, 1.54) is 21.3 Å². The molecule has 2 heterocycles. The Kier molecular flexibility index (Phi) is 7.52. The number of aromatic nitrogens is 2. The number of methoxy groups -OCH3 is 2. The van der Waals surface area contributed by atoms with Crippen molar-refractivity contribution in [3.63, 3.8) is 0 Å². The number of benzene rings is 2. The monoisotopic (exact) mass is 497 g/mol. The molecule has 1 aliphatic heterocycles. The summed E-state index contributed by atoms with van der Waals surface area (Å²) in [6.45, 7) is 10.0. The first kappa shape index (κ1) is 25.3. The van der Waals surface area contributed by atoms with Gasteiger partial charge in [0.2, 0.25) is 0 Å². The van der Waals surface area contributed by atoms with Crippen molar-refractivity contribution in [1.82, 2.24) is 13.4 Å². The van der Waals surface area contributed by atoms with E-state index in [0.717, 1.165) is 61.1 Å². The quantitative estimate of drug-likeness (QED) is 0.473. The minimum atomic E-state index is -0.222. The lowest BCUT2D eigenvalue weighted by molar-refractivity contribution is 0.245. The lowest BCUT2D eigenvalue weighted by Gasteiger charge is -2.29.